The van der Waals surface area contributed by atoms with E-state index >= 15 is 0 Å². The second kappa shape index (κ2) is 6.44. The van der Waals surface area contributed by atoms with Crippen LogP contribution >= 0.6 is 0 Å². The Kier molecular flexibility index (Phi) is 4.88. The fourth-order valence-electron chi connectivity index (χ4n) is 2.52. The first-order valence-electron chi connectivity index (χ1n) is 7.26. The molecule has 1 aliphatic heterocycles. The number of nitrogens with zero attached hydrogens (tertiary/aromatic N) is 3. The Morgan fingerprint density at radius 3 is 2.74 bits per heavy atom. The highest BCUT2D eigenvalue weighted by Gasteiger charge is 2.21. The van der Waals surface area contributed by atoms with E-state index in [4.69, 9.17) is 0 Å². The lowest BCUT2D eigenvalue weighted by Gasteiger charge is -2.34. The molecule has 1 aromatic heterocycles. The highest BCUT2D eigenvalue weighted by molar-refractivity contribution is 4.89. The predicted octanol–water partition coefficient (Wildman–Crippen LogP) is 2.08. The van der Waals surface area contributed by atoms with Gasteiger partial charge in [-0.05, 0) is 58.7 Å². The van der Waals surface area contributed by atoms with E-state index in [0.717, 1.165) is 31.4 Å². The summed E-state index contributed by atoms with van der Waals surface area (Å²) in [6.45, 7) is 11.0. The quantitative estimate of drug-likeness (QED) is 0.902. The van der Waals surface area contributed by atoms with Gasteiger partial charge in [0.1, 0.15) is 5.82 Å². The molecule has 1 atom stereocenters. The van der Waals surface area contributed by atoms with Gasteiger partial charge in [0.25, 0.3) is 0 Å². The second-order valence-corrected chi connectivity index (χ2v) is 6.54. The number of hydrogen-bond acceptors (Lipinski definition) is 4. The van der Waals surface area contributed by atoms with Crippen molar-refractivity contribution in [3.05, 3.63) is 24.3 Å². The van der Waals surface area contributed by atoms with E-state index < -0.39 is 0 Å². The average Bonchev–Trinajstić information content (AvgIpc) is 2.37. The summed E-state index contributed by atoms with van der Waals surface area (Å²) in [7, 11) is 0. The lowest BCUT2D eigenvalue weighted by molar-refractivity contribution is 0.156. The maximum Gasteiger partial charge on any atom is 0.142 e. The van der Waals surface area contributed by atoms with Crippen molar-refractivity contribution >= 4 is 0 Å². The van der Waals surface area contributed by atoms with Gasteiger partial charge in [-0.1, -0.05) is 0 Å². The number of piperidine rings is 1. The smallest absolute Gasteiger partial charge is 0.142 e. The summed E-state index contributed by atoms with van der Waals surface area (Å²) in [6, 6.07) is 1.87. The predicted molar refractivity (Wildman–Crippen MR) is 77.8 cm³/mol. The fraction of sp³-hybridized carbons (Fsp3) is 0.733. The summed E-state index contributed by atoms with van der Waals surface area (Å²) in [6.07, 6.45) is 6.26. The average molecular weight is 262 g/mol. The molecule has 1 aliphatic rings. The Morgan fingerprint density at radius 2 is 2.05 bits per heavy atom. The molecule has 2 rings (SSSR count). The zero-order chi connectivity index (χ0) is 13.7. The minimum absolute atomic E-state index is 0.213. The maximum atomic E-state index is 4.31. The van der Waals surface area contributed by atoms with Crippen LogP contribution < -0.4 is 5.32 Å². The molecular weight excluding hydrogens is 236 g/mol. The van der Waals surface area contributed by atoms with E-state index in [9.17, 15) is 0 Å². The van der Waals surface area contributed by atoms with Crippen LogP contribution in [0.25, 0.3) is 0 Å². The third-order valence-electron chi connectivity index (χ3n) is 3.51. The Labute approximate surface area is 116 Å². The summed E-state index contributed by atoms with van der Waals surface area (Å²) in [5.74, 6) is 1.68. The van der Waals surface area contributed by atoms with Gasteiger partial charge in [0.15, 0.2) is 0 Å². The normalized spacial score (nSPS) is 21.5. The van der Waals surface area contributed by atoms with Gasteiger partial charge in [0, 0.05) is 24.5 Å². The molecule has 1 N–H and O–H groups in total. The van der Waals surface area contributed by atoms with Crippen LogP contribution in [0.3, 0.4) is 0 Å². The van der Waals surface area contributed by atoms with Crippen molar-refractivity contribution < 1.29 is 0 Å². The van der Waals surface area contributed by atoms with Crippen molar-refractivity contribution in [2.45, 2.75) is 45.7 Å². The number of nitrogens with one attached hydrogen (secondary N) is 1. The Balaban J connectivity index is 1.80. The van der Waals surface area contributed by atoms with Crippen LogP contribution in [0, 0.1) is 5.92 Å². The largest absolute Gasteiger partial charge is 0.312 e. The van der Waals surface area contributed by atoms with Crippen LogP contribution in [-0.2, 0) is 6.54 Å². The lowest BCUT2D eigenvalue weighted by Crippen LogP contribution is -2.44. The molecule has 1 unspecified atom stereocenters. The third-order valence-corrected chi connectivity index (χ3v) is 3.51. The zero-order valence-electron chi connectivity index (χ0n) is 12.4. The first-order chi connectivity index (χ1) is 9.03. The van der Waals surface area contributed by atoms with Crippen molar-refractivity contribution in [2.75, 3.05) is 19.6 Å². The molecule has 1 aromatic rings. The lowest BCUT2D eigenvalue weighted by atomic mass is 9.96. The molecule has 0 bridgehead atoms. The van der Waals surface area contributed by atoms with Crippen molar-refractivity contribution in [1.82, 2.24) is 20.2 Å². The summed E-state index contributed by atoms with van der Waals surface area (Å²) in [5, 5.41) is 3.62. The van der Waals surface area contributed by atoms with E-state index in [1.54, 1.807) is 0 Å². The number of rotatable bonds is 4. The summed E-state index contributed by atoms with van der Waals surface area (Å²) >= 11 is 0. The van der Waals surface area contributed by atoms with Crippen LogP contribution in [-0.4, -0.2) is 40.0 Å². The van der Waals surface area contributed by atoms with Gasteiger partial charge in [-0.2, -0.15) is 0 Å². The number of aromatic nitrogens is 2. The Morgan fingerprint density at radius 1 is 1.32 bits per heavy atom. The number of likely N-dealkylation sites (tertiary alicyclic amines) is 1. The molecule has 0 radical (unpaired) electrons. The molecule has 106 valence electrons. The third kappa shape index (κ3) is 5.25. The summed E-state index contributed by atoms with van der Waals surface area (Å²) < 4.78 is 0. The van der Waals surface area contributed by atoms with Gasteiger partial charge in [-0.3, -0.25) is 4.90 Å². The summed E-state index contributed by atoms with van der Waals surface area (Å²) in [4.78, 5) is 11.1. The molecule has 4 heteroatoms. The molecule has 0 saturated carbocycles. The molecule has 0 amide bonds. The minimum atomic E-state index is 0.213. The Bertz CT molecular complexity index is 371. The summed E-state index contributed by atoms with van der Waals surface area (Å²) in [5.41, 5.74) is 0.213. The van der Waals surface area contributed by atoms with Crippen molar-refractivity contribution in [1.29, 1.82) is 0 Å². The first-order valence-corrected chi connectivity index (χ1v) is 7.26. The molecule has 0 aliphatic carbocycles. The van der Waals surface area contributed by atoms with E-state index in [-0.39, 0.29) is 5.54 Å². The van der Waals surface area contributed by atoms with Crippen LogP contribution in [0.1, 0.15) is 39.4 Å². The van der Waals surface area contributed by atoms with Crippen LogP contribution in [0.15, 0.2) is 18.5 Å². The maximum absolute atomic E-state index is 4.31. The molecule has 2 heterocycles. The second-order valence-electron chi connectivity index (χ2n) is 6.54. The van der Waals surface area contributed by atoms with Gasteiger partial charge in [0.05, 0.1) is 6.54 Å². The van der Waals surface area contributed by atoms with E-state index in [2.05, 4.69) is 41.0 Å². The van der Waals surface area contributed by atoms with Crippen LogP contribution in [0.2, 0.25) is 0 Å². The standard InChI is InChI=1S/C15H26N4/c1-15(2,3)18-10-13-6-4-9-19(11-13)12-14-16-7-5-8-17-14/h5,7-8,13,18H,4,6,9-12H2,1-3H3. The fourth-order valence-corrected chi connectivity index (χ4v) is 2.52. The first kappa shape index (κ1) is 14.4. The van der Waals surface area contributed by atoms with Gasteiger partial charge < -0.3 is 5.32 Å². The van der Waals surface area contributed by atoms with E-state index in [1.165, 1.54) is 19.4 Å². The highest BCUT2D eigenvalue weighted by Crippen LogP contribution is 2.17. The molecule has 1 fully saturated rings. The molecule has 0 aromatic carbocycles. The van der Waals surface area contributed by atoms with Crippen LogP contribution in [0.4, 0.5) is 0 Å². The van der Waals surface area contributed by atoms with E-state index in [0.29, 0.717) is 0 Å². The molecule has 19 heavy (non-hydrogen) atoms. The molecule has 1 saturated heterocycles. The Hall–Kier alpha value is -1.00. The monoisotopic (exact) mass is 262 g/mol. The van der Waals surface area contributed by atoms with Gasteiger partial charge >= 0.3 is 0 Å². The topological polar surface area (TPSA) is 41.0 Å². The molecule has 0 spiro atoms. The zero-order valence-corrected chi connectivity index (χ0v) is 12.4. The highest BCUT2D eigenvalue weighted by atomic mass is 15.2. The molecular formula is C15H26N4. The van der Waals surface area contributed by atoms with Gasteiger partial charge in [0.2, 0.25) is 0 Å². The SMILES string of the molecule is CC(C)(C)NCC1CCCN(Cc2ncccn2)C1. The number of hydrogen-bond donors (Lipinski definition) is 1. The minimum Gasteiger partial charge on any atom is -0.312 e. The van der Waals surface area contributed by atoms with Crippen molar-refractivity contribution in [2.24, 2.45) is 5.92 Å². The van der Waals surface area contributed by atoms with Crippen molar-refractivity contribution in [3.63, 3.8) is 0 Å². The van der Waals surface area contributed by atoms with Gasteiger partial charge in [-0.25, -0.2) is 9.97 Å². The van der Waals surface area contributed by atoms with Crippen molar-refractivity contribution in [3.8, 4) is 0 Å². The van der Waals surface area contributed by atoms with Crippen LogP contribution in [0.5, 0.6) is 0 Å². The molecule has 4 nitrogen and oxygen atoms in total. The van der Waals surface area contributed by atoms with Gasteiger partial charge in [-0.15, -0.1) is 0 Å². The van der Waals surface area contributed by atoms with E-state index in [1.807, 2.05) is 18.5 Å².